The maximum Gasteiger partial charge on any atom is 0.255 e. The second-order valence-corrected chi connectivity index (χ2v) is 4.77. The first kappa shape index (κ1) is 11.7. The number of anilines is 1. The largest absolute Gasteiger partial charge is 0.443 e. The van der Waals surface area contributed by atoms with Crippen molar-refractivity contribution < 1.29 is 9.21 Å². The minimum Gasteiger partial charge on any atom is -0.443 e. The highest BCUT2D eigenvalue weighted by Gasteiger charge is 2.08. The fourth-order valence-corrected chi connectivity index (χ4v) is 2.33. The van der Waals surface area contributed by atoms with Crippen molar-refractivity contribution in [1.82, 2.24) is 9.97 Å². The molecule has 102 valence electrons. The number of oxazole rings is 1. The topological polar surface area (TPSA) is 70.9 Å². The van der Waals surface area contributed by atoms with E-state index in [2.05, 4.69) is 15.3 Å². The van der Waals surface area contributed by atoms with E-state index in [0.29, 0.717) is 22.4 Å². The second-order valence-electron chi connectivity index (χ2n) is 4.77. The summed E-state index contributed by atoms with van der Waals surface area (Å²) >= 11 is 0. The van der Waals surface area contributed by atoms with Crippen LogP contribution in [0.5, 0.6) is 0 Å². The summed E-state index contributed by atoms with van der Waals surface area (Å²) in [4.78, 5) is 19.5. The lowest BCUT2D eigenvalue weighted by molar-refractivity contribution is 0.102. The number of H-pyrrole nitrogens is 1. The summed E-state index contributed by atoms with van der Waals surface area (Å²) in [6.07, 6.45) is 3.24. The summed E-state index contributed by atoms with van der Waals surface area (Å²) in [6, 6.07) is 12.8. The van der Waals surface area contributed by atoms with Gasteiger partial charge in [-0.2, -0.15) is 0 Å². The van der Waals surface area contributed by atoms with Gasteiger partial charge in [-0.15, -0.1) is 0 Å². The van der Waals surface area contributed by atoms with E-state index in [0.717, 1.165) is 10.9 Å². The molecule has 21 heavy (non-hydrogen) atoms. The zero-order valence-electron chi connectivity index (χ0n) is 11.0. The first-order valence-electron chi connectivity index (χ1n) is 6.51. The third kappa shape index (κ3) is 2.04. The zero-order chi connectivity index (χ0) is 14.2. The third-order valence-corrected chi connectivity index (χ3v) is 3.40. The molecule has 0 aliphatic carbocycles. The average Bonchev–Trinajstić information content (AvgIpc) is 3.14. The molecule has 0 bridgehead atoms. The SMILES string of the molecule is O=C(Nc1ccc2ocnc2c1)c1ccc2[nH]ccc2c1. The minimum atomic E-state index is -0.152. The Bertz CT molecular complexity index is 952. The standard InChI is InChI=1S/C16H11N3O2/c20-16(11-1-3-13-10(7-11)5-6-17-13)19-12-2-4-15-14(8-12)18-9-21-15/h1-9,17H,(H,19,20). The van der Waals surface area contributed by atoms with Gasteiger partial charge in [-0.25, -0.2) is 4.98 Å². The van der Waals surface area contributed by atoms with Crippen LogP contribution in [-0.2, 0) is 0 Å². The van der Waals surface area contributed by atoms with Gasteiger partial charge in [0.1, 0.15) is 5.52 Å². The number of benzene rings is 2. The van der Waals surface area contributed by atoms with Crippen molar-refractivity contribution in [2.45, 2.75) is 0 Å². The van der Waals surface area contributed by atoms with Crippen molar-refractivity contribution in [3.63, 3.8) is 0 Å². The highest BCUT2D eigenvalue weighted by atomic mass is 16.3. The van der Waals surface area contributed by atoms with Gasteiger partial charge in [0.15, 0.2) is 12.0 Å². The molecule has 0 fully saturated rings. The molecule has 2 heterocycles. The fourth-order valence-electron chi connectivity index (χ4n) is 2.33. The predicted molar refractivity (Wildman–Crippen MR) is 80.3 cm³/mol. The molecule has 2 aromatic carbocycles. The van der Waals surface area contributed by atoms with Crippen molar-refractivity contribution in [2.75, 3.05) is 5.32 Å². The average molecular weight is 277 g/mol. The number of fused-ring (bicyclic) bond motifs is 2. The van der Waals surface area contributed by atoms with Crippen LogP contribution in [-0.4, -0.2) is 15.9 Å². The Hall–Kier alpha value is -3.08. The Labute approximate surface area is 119 Å². The fraction of sp³-hybridized carbons (Fsp3) is 0. The molecule has 4 aromatic rings. The Kier molecular flexibility index (Phi) is 2.50. The van der Waals surface area contributed by atoms with E-state index in [1.54, 1.807) is 24.3 Å². The van der Waals surface area contributed by atoms with Gasteiger partial charge < -0.3 is 14.7 Å². The number of nitrogens with zero attached hydrogens (tertiary/aromatic N) is 1. The molecular formula is C16H11N3O2. The lowest BCUT2D eigenvalue weighted by Crippen LogP contribution is -2.11. The van der Waals surface area contributed by atoms with Gasteiger partial charge in [0, 0.05) is 28.4 Å². The lowest BCUT2D eigenvalue weighted by Gasteiger charge is -2.05. The molecule has 1 amide bonds. The molecule has 0 radical (unpaired) electrons. The molecule has 2 N–H and O–H groups in total. The summed E-state index contributed by atoms with van der Waals surface area (Å²) in [5.41, 5.74) is 3.73. The summed E-state index contributed by atoms with van der Waals surface area (Å²) in [5, 5.41) is 3.88. The van der Waals surface area contributed by atoms with Crippen molar-refractivity contribution >= 4 is 33.6 Å². The molecule has 5 heteroatoms. The summed E-state index contributed by atoms with van der Waals surface area (Å²) in [7, 11) is 0. The summed E-state index contributed by atoms with van der Waals surface area (Å²) in [6.45, 7) is 0. The Morgan fingerprint density at radius 2 is 2.10 bits per heavy atom. The first-order valence-corrected chi connectivity index (χ1v) is 6.51. The van der Waals surface area contributed by atoms with Gasteiger partial charge in [-0.1, -0.05) is 0 Å². The van der Waals surface area contributed by atoms with Gasteiger partial charge in [0.25, 0.3) is 5.91 Å². The van der Waals surface area contributed by atoms with Gasteiger partial charge in [0.2, 0.25) is 0 Å². The molecule has 0 saturated heterocycles. The monoisotopic (exact) mass is 277 g/mol. The van der Waals surface area contributed by atoms with Crippen molar-refractivity contribution in [2.24, 2.45) is 0 Å². The molecule has 2 aromatic heterocycles. The Morgan fingerprint density at radius 1 is 1.14 bits per heavy atom. The van der Waals surface area contributed by atoms with Crippen LogP contribution in [0.3, 0.4) is 0 Å². The van der Waals surface area contributed by atoms with Crippen molar-refractivity contribution in [3.8, 4) is 0 Å². The maximum atomic E-state index is 12.3. The van der Waals surface area contributed by atoms with Crippen LogP contribution in [0.1, 0.15) is 10.4 Å². The van der Waals surface area contributed by atoms with Gasteiger partial charge >= 0.3 is 0 Å². The molecule has 0 atom stereocenters. The van der Waals surface area contributed by atoms with Crippen LogP contribution in [0.15, 0.2) is 59.5 Å². The van der Waals surface area contributed by atoms with E-state index in [1.807, 2.05) is 24.4 Å². The number of rotatable bonds is 2. The van der Waals surface area contributed by atoms with Gasteiger partial charge in [-0.3, -0.25) is 4.79 Å². The van der Waals surface area contributed by atoms with Crippen LogP contribution in [0, 0.1) is 0 Å². The van der Waals surface area contributed by atoms with Crippen LogP contribution in [0.4, 0.5) is 5.69 Å². The number of nitrogens with one attached hydrogen (secondary N) is 2. The molecule has 0 aliphatic heterocycles. The summed E-state index contributed by atoms with van der Waals surface area (Å²) < 4.78 is 5.17. The number of aromatic nitrogens is 2. The van der Waals surface area contributed by atoms with E-state index in [4.69, 9.17) is 4.42 Å². The van der Waals surface area contributed by atoms with Crippen LogP contribution >= 0.6 is 0 Å². The second kappa shape index (κ2) is 4.49. The van der Waals surface area contributed by atoms with E-state index < -0.39 is 0 Å². The van der Waals surface area contributed by atoms with Crippen LogP contribution in [0.25, 0.3) is 22.0 Å². The van der Waals surface area contributed by atoms with E-state index >= 15 is 0 Å². The van der Waals surface area contributed by atoms with Crippen molar-refractivity contribution in [1.29, 1.82) is 0 Å². The molecule has 4 rings (SSSR count). The summed E-state index contributed by atoms with van der Waals surface area (Å²) in [5.74, 6) is -0.152. The lowest BCUT2D eigenvalue weighted by atomic mass is 10.1. The predicted octanol–water partition coefficient (Wildman–Crippen LogP) is 3.56. The van der Waals surface area contributed by atoms with Crippen LogP contribution < -0.4 is 5.32 Å². The van der Waals surface area contributed by atoms with E-state index in [1.165, 1.54) is 6.39 Å². The van der Waals surface area contributed by atoms with E-state index in [-0.39, 0.29) is 5.91 Å². The zero-order valence-corrected chi connectivity index (χ0v) is 11.0. The van der Waals surface area contributed by atoms with Gasteiger partial charge in [-0.05, 0) is 42.5 Å². The molecule has 0 aliphatic rings. The maximum absolute atomic E-state index is 12.3. The number of carbonyl (C=O) groups is 1. The minimum absolute atomic E-state index is 0.152. The molecule has 0 spiro atoms. The first-order chi connectivity index (χ1) is 10.3. The Morgan fingerprint density at radius 3 is 3.05 bits per heavy atom. The number of carbonyl (C=O) groups excluding carboxylic acids is 1. The molecule has 0 unspecified atom stereocenters. The molecular weight excluding hydrogens is 266 g/mol. The normalized spacial score (nSPS) is 11.0. The smallest absolute Gasteiger partial charge is 0.255 e. The highest BCUT2D eigenvalue weighted by Crippen LogP contribution is 2.19. The quantitative estimate of drug-likeness (QED) is 0.588. The Balaban J connectivity index is 1.64. The number of hydrogen-bond donors (Lipinski definition) is 2. The molecule has 0 saturated carbocycles. The van der Waals surface area contributed by atoms with Gasteiger partial charge in [0.05, 0.1) is 0 Å². The number of hydrogen-bond acceptors (Lipinski definition) is 3. The van der Waals surface area contributed by atoms with E-state index in [9.17, 15) is 4.79 Å². The highest BCUT2D eigenvalue weighted by molar-refractivity contribution is 6.06. The molecule has 5 nitrogen and oxygen atoms in total. The number of aromatic amines is 1. The van der Waals surface area contributed by atoms with Crippen LogP contribution in [0.2, 0.25) is 0 Å². The van der Waals surface area contributed by atoms with Crippen molar-refractivity contribution in [3.05, 3.63) is 60.6 Å². The third-order valence-electron chi connectivity index (χ3n) is 3.40. The number of amides is 1.